The molecule has 1 fully saturated rings. The summed E-state index contributed by atoms with van der Waals surface area (Å²) in [7, 11) is 1.37. The lowest BCUT2D eigenvalue weighted by molar-refractivity contribution is -0.153. The molecule has 3 aromatic rings. The van der Waals surface area contributed by atoms with Crippen LogP contribution in [0.1, 0.15) is 28.8 Å². The number of alkyl halides is 3. The number of benzene rings is 3. The molecule has 0 aliphatic carbocycles. The Bertz CT molecular complexity index is 1500. The summed E-state index contributed by atoms with van der Waals surface area (Å²) >= 11 is 12.3. The van der Waals surface area contributed by atoms with Crippen molar-refractivity contribution >= 4 is 41.0 Å². The van der Waals surface area contributed by atoms with E-state index in [2.05, 4.69) is 5.32 Å². The van der Waals surface area contributed by atoms with Gasteiger partial charge in [-0.2, -0.15) is 13.2 Å². The van der Waals surface area contributed by atoms with E-state index in [0.29, 0.717) is 21.2 Å². The van der Waals surface area contributed by atoms with E-state index in [0.717, 1.165) is 0 Å². The maximum Gasteiger partial charge on any atom is 0.422 e. The average Bonchev–Trinajstić information content (AvgIpc) is 3.36. The number of amides is 3. The van der Waals surface area contributed by atoms with Crippen LogP contribution in [0.4, 0.5) is 18.0 Å². The zero-order valence-corrected chi connectivity index (χ0v) is 23.7. The molecular formula is C29H25Cl2F3N4O4. The quantitative estimate of drug-likeness (QED) is 0.364. The first kappa shape index (κ1) is 29.5. The SMILES string of the molecule is COc1ccc(C2=NC(c3ccc(Cl)cc3)C(c3ccc(Cl)cc3)N2C(=O)N2CCNC(=O)C2)c(OCC(F)(F)F)c1. The van der Waals surface area contributed by atoms with Crippen LogP contribution in [0.15, 0.2) is 71.7 Å². The number of carbonyl (C=O) groups excluding carboxylic acids is 2. The molecule has 5 rings (SSSR count). The van der Waals surface area contributed by atoms with Crippen LogP contribution in [0.3, 0.4) is 0 Å². The molecule has 2 heterocycles. The van der Waals surface area contributed by atoms with Crippen molar-refractivity contribution in [2.45, 2.75) is 18.3 Å². The molecule has 2 atom stereocenters. The van der Waals surface area contributed by atoms with Gasteiger partial charge in [-0.1, -0.05) is 47.5 Å². The topological polar surface area (TPSA) is 83.5 Å². The van der Waals surface area contributed by atoms with Crippen LogP contribution in [0.2, 0.25) is 10.0 Å². The summed E-state index contributed by atoms with van der Waals surface area (Å²) in [6, 6.07) is 16.1. The molecule has 2 aliphatic rings. The molecule has 2 unspecified atom stereocenters. The van der Waals surface area contributed by atoms with Crippen LogP contribution >= 0.6 is 23.2 Å². The van der Waals surface area contributed by atoms with Crippen molar-refractivity contribution in [1.82, 2.24) is 15.1 Å². The minimum Gasteiger partial charge on any atom is -0.497 e. The highest BCUT2D eigenvalue weighted by atomic mass is 35.5. The smallest absolute Gasteiger partial charge is 0.422 e. The Labute approximate surface area is 249 Å². The minimum atomic E-state index is -4.62. The Morgan fingerprint density at radius 3 is 2.26 bits per heavy atom. The van der Waals surface area contributed by atoms with Gasteiger partial charge in [-0.3, -0.25) is 14.7 Å². The van der Waals surface area contributed by atoms with E-state index < -0.39 is 30.9 Å². The second kappa shape index (κ2) is 12.1. The number of piperazine rings is 1. The molecule has 42 heavy (non-hydrogen) atoms. The normalized spacial score (nSPS) is 18.9. The Hall–Kier alpha value is -3.96. The zero-order valence-electron chi connectivity index (χ0n) is 22.2. The van der Waals surface area contributed by atoms with Gasteiger partial charge >= 0.3 is 12.2 Å². The highest BCUT2D eigenvalue weighted by Gasteiger charge is 2.45. The fourth-order valence-corrected chi connectivity index (χ4v) is 5.15. The predicted molar refractivity (Wildman–Crippen MR) is 151 cm³/mol. The average molecular weight is 621 g/mol. The van der Waals surface area contributed by atoms with Crippen LogP contribution in [0.5, 0.6) is 11.5 Å². The number of aliphatic imine (C=N–C) groups is 1. The summed E-state index contributed by atoms with van der Waals surface area (Å²) in [5.74, 6) is -0.177. The summed E-state index contributed by atoms with van der Waals surface area (Å²) in [5, 5.41) is 3.66. The highest BCUT2D eigenvalue weighted by Crippen LogP contribution is 2.46. The molecule has 13 heteroatoms. The molecule has 3 aromatic carbocycles. The lowest BCUT2D eigenvalue weighted by Crippen LogP contribution is -2.55. The van der Waals surface area contributed by atoms with Crippen molar-refractivity contribution in [3.63, 3.8) is 0 Å². The number of ether oxygens (including phenoxy) is 2. The predicted octanol–water partition coefficient (Wildman–Crippen LogP) is 6.04. The molecule has 1 N–H and O–H groups in total. The van der Waals surface area contributed by atoms with Crippen molar-refractivity contribution < 1.29 is 32.2 Å². The first-order valence-corrected chi connectivity index (χ1v) is 13.6. The Kier molecular flexibility index (Phi) is 8.51. The van der Waals surface area contributed by atoms with Crippen LogP contribution in [-0.4, -0.2) is 67.1 Å². The molecule has 8 nitrogen and oxygen atoms in total. The first-order valence-electron chi connectivity index (χ1n) is 12.9. The third-order valence-electron chi connectivity index (χ3n) is 6.83. The van der Waals surface area contributed by atoms with Crippen molar-refractivity contribution in [3.8, 4) is 11.5 Å². The van der Waals surface area contributed by atoms with E-state index in [1.165, 1.54) is 29.0 Å². The third-order valence-corrected chi connectivity index (χ3v) is 7.33. The summed E-state index contributed by atoms with van der Waals surface area (Å²) in [6.45, 7) is -1.28. The summed E-state index contributed by atoms with van der Waals surface area (Å²) in [4.78, 5) is 34.2. The van der Waals surface area contributed by atoms with Crippen molar-refractivity contribution in [1.29, 1.82) is 0 Å². The zero-order chi connectivity index (χ0) is 30.0. The van der Waals surface area contributed by atoms with Gasteiger partial charge in [0.2, 0.25) is 5.91 Å². The number of hydrogen-bond donors (Lipinski definition) is 1. The first-order chi connectivity index (χ1) is 20.0. The molecule has 220 valence electrons. The molecule has 1 saturated heterocycles. The van der Waals surface area contributed by atoms with Crippen molar-refractivity contribution in [3.05, 3.63) is 93.5 Å². The number of urea groups is 1. The van der Waals surface area contributed by atoms with Crippen LogP contribution in [-0.2, 0) is 4.79 Å². The van der Waals surface area contributed by atoms with Gasteiger partial charge in [-0.25, -0.2) is 4.79 Å². The molecular weight excluding hydrogens is 596 g/mol. The number of hydrogen-bond acceptors (Lipinski definition) is 5. The third kappa shape index (κ3) is 6.42. The van der Waals surface area contributed by atoms with Crippen LogP contribution < -0.4 is 14.8 Å². The summed E-state index contributed by atoms with van der Waals surface area (Å²) in [5.41, 5.74) is 1.51. The molecule has 0 aromatic heterocycles. The fourth-order valence-electron chi connectivity index (χ4n) is 4.90. The number of carbonyl (C=O) groups is 2. The van der Waals surface area contributed by atoms with Gasteiger partial charge in [-0.05, 0) is 47.5 Å². The van der Waals surface area contributed by atoms with Gasteiger partial charge in [0.1, 0.15) is 29.9 Å². The number of rotatable bonds is 6. The van der Waals surface area contributed by atoms with Gasteiger partial charge < -0.3 is 19.7 Å². The largest absolute Gasteiger partial charge is 0.497 e. The minimum absolute atomic E-state index is 0.0747. The van der Waals surface area contributed by atoms with Gasteiger partial charge in [0.15, 0.2) is 6.61 Å². The second-order valence-corrected chi connectivity index (χ2v) is 10.5. The number of halogens is 5. The lowest BCUT2D eigenvalue weighted by Gasteiger charge is -2.35. The van der Waals surface area contributed by atoms with E-state index in [-0.39, 0.29) is 48.4 Å². The van der Waals surface area contributed by atoms with Crippen molar-refractivity contribution in [2.75, 3.05) is 33.4 Å². The lowest BCUT2D eigenvalue weighted by atomic mass is 9.93. The summed E-state index contributed by atoms with van der Waals surface area (Å²) in [6.07, 6.45) is -4.62. The van der Waals surface area contributed by atoms with E-state index in [1.807, 2.05) is 0 Å². The Morgan fingerprint density at radius 1 is 1.02 bits per heavy atom. The van der Waals surface area contributed by atoms with Crippen LogP contribution in [0.25, 0.3) is 0 Å². The number of methoxy groups -OCH3 is 1. The summed E-state index contributed by atoms with van der Waals surface area (Å²) < 4.78 is 50.1. The number of amidine groups is 1. The molecule has 0 bridgehead atoms. The molecule has 3 amide bonds. The second-order valence-electron chi connectivity index (χ2n) is 9.64. The van der Waals surface area contributed by atoms with E-state index >= 15 is 0 Å². The van der Waals surface area contributed by atoms with E-state index in [9.17, 15) is 22.8 Å². The van der Waals surface area contributed by atoms with E-state index in [1.54, 1.807) is 54.6 Å². The number of nitrogens with one attached hydrogen (secondary N) is 1. The monoisotopic (exact) mass is 620 g/mol. The van der Waals surface area contributed by atoms with Gasteiger partial charge in [0.05, 0.1) is 18.7 Å². The maximum absolute atomic E-state index is 14.3. The van der Waals surface area contributed by atoms with Crippen LogP contribution in [0, 0.1) is 0 Å². The van der Waals surface area contributed by atoms with E-state index in [4.69, 9.17) is 37.7 Å². The Balaban J connectivity index is 1.69. The Morgan fingerprint density at radius 2 is 1.67 bits per heavy atom. The molecule has 0 radical (unpaired) electrons. The highest BCUT2D eigenvalue weighted by molar-refractivity contribution is 6.30. The van der Waals surface area contributed by atoms with Crippen molar-refractivity contribution in [2.24, 2.45) is 4.99 Å². The van der Waals surface area contributed by atoms with Gasteiger partial charge in [0, 0.05) is 29.2 Å². The van der Waals surface area contributed by atoms with Gasteiger partial charge in [-0.15, -0.1) is 0 Å². The van der Waals surface area contributed by atoms with Gasteiger partial charge in [0.25, 0.3) is 0 Å². The molecule has 0 saturated carbocycles. The molecule has 0 spiro atoms. The number of nitrogens with zero attached hydrogens (tertiary/aromatic N) is 3. The standard InChI is InChI=1S/C29H25Cl2F3N4O4/c1-41-21-10-11-22(23(14-21)42-16-29(32,33)34)27-36-25(17-2-6-19(30)7-3-17)26(18-4-8-20(31)9-5-18)38(27)28(40)37-13-12-35-24(39)15-37/h2-11,14,25-26H,12-13,15-16H2,1H3,(H,35,39). The maximum atomic E-state index is 14.3. The molecule has 2 aliphatic heterocycles. The fraction of sp³-hybridized carbons (Fsp3) is 0.276.